The Morgan fingerprint density at radius 1 is 0.909 bits per heavy atom. The molecule has 33 heavy (non-hydrogen) atoms. The van der Waals surface area contributed by atoms with Gasteiger partial charge in [-0.2, -0.15) is 0 Å². The van der Waals surface area contributed by atoms with Crippen molar-refractivity contribution in [2.75, 3.05) is 19.6 Å². The number of aromatic nitrogens is 1. The van der Waals surface area contributed by atoms with Crippen molar-refractivity contribution in [2.45, 2.75) is 32.4 Å². The van der Waals surface area contributed by atoms with E-state index in [1.807, 2.05) is 34.4 Å². The van der Waals surface area contributed by atoms with Crippen LogP contribution in [0.15, 0.2) is 66.7 Å². The third kappa shape index (κ3) is 4.07. The fourth-order valence-corrected chi connectivity index (χ4v) is 6.15. The number of pyridine rings is 1. The molecule has 0 atom stereocenters. The predicted molar refractivity (Wildman–Crippen MR) is 134 cm³/mol. The summed E-state index contributed by atoms with van der Waals surface area (Å²) in [4.78, 5) is 25.3. The molecule has 4 heterocycles. The Labute approximate surface area is 198 Å². The van der Waals surface area contributed by atoms with Crippen molar-refractivity contribution in [3.8, 4) is 10.4 Å². The number of thiophene rings is 1. The molecule has 166 valence electrons. The first-order chi connectivity index (χ1) is 16.2. The molecule has 0 bridgehead atoms. The van der Waals surface area contributed by atoms with Gasteiger partial charge in [0.25, 0.3) is 5.91 Å². The summed E-state index contributed by atoms with van der Waals surface area (Å²) in [6.07, 6.45) is 3.38. The third-order valence-corrected chi connectivity index (χ3v) is 7.92. The Bertz CT molecular complexity index is 1320. The number of hydrogen-bond acceptors (Lipinski definition) is 4. The van der Waals surface area contributed by atoms with Gasteiger partial charge < -0.3 is 4.90 Å². The molecular formula is C28H27N3OS. The molecule has 2 aromatic heterocycles. The summed E-state index contributed by atoms with van der Waals surface area (Å²) < 4.78 is 0. The van der Waals surface area contributed by atoms with E-state index in [-0.39, 0.29) is 5.91 Å². The van der Waals surface area contributed by atoms with Crippen molar-refractivity contribution in [1.82, 2.24) is 14.8 Å². The van der Waals surface area contributed by atoms with Crippen LogP contribution in [0.2, 0.25) is 0 Å². The smallest absolute Gasteiger partial charge is 0.255 e. The van der Waals surface area contributed by atoms with Gasteiger partial charge in [0.05, 0.1) is 11.1 Å². The summed E-state index contributed by atoms with van der Waals surface area (Å²) in [7, 11) is 0. The van der Waals surface area contributed by atoms with Gasteiger partial charge in [-0.25, -0.2) is 0 Å². The fraction of sp³-hybridized carbons (Fsp3) is 0.286. The maximum Gasteiger partial charge on any atom is 0.255 e. The van der Waals surface area contributed by atoms with Crippen molar-refractivity contribution >= 4 is 28.1 Å². The molecule has 4 nitrogen and oxygen atoms in total. The number of likely N-dealkylation sites (tertiary alicyclic amines) is 1. The minimum atomic E-state index is 0.149. The normalized spacial score (nSPS) is 16.1. The second-order valence-corrected chi connectivity index (χ2v) is 10.2. The van der Waals surface area contributed by atoms with Crippen LogP contribution in [0.3, 0.4) is 0 Å². The summed E-state index contributed by atoms with van der Waals surface area (Å²) in [6.45, 7) is 4.80. The van der Waals surface area contributed by atoms with Crippen molar-refractivity contribution in [2.24, 2.45) is 0 Å². The Morgan fingerprint density at radius 3 is 2.70 bits per heavy atom. The highest BCUT2D eigenvalue weighted by atomic mass is 32.1. The SMILES string of the molecule is O=C1c2c(cccc2-c2ccc(CN3CCCC3)s2)CN1CCc1ccc2ccccc2n1. The lowest BCUT2D eigenvalue weighted by Gasteiger charge is -2.15. The molecule has 0 aliphatic carbocycles. The number of benzene rings is 2. The molecule has 2 aromatic carbocycles. The van der Waals surface area contributed by atoms with E-state index in [1.54, 1.807) is 0 Å². The average Bonchev–Trinajstić information content (AvgIpc) is 3.59. The van der Waals surface area contributed by atoms with Crippen LogP contribution in [0.5, 0.6) is 0 Å². The van der Waals surface area contributed by atoms with Crippen molar-refractivity contribution in [1.29, 1.82) is 0 Å². The molecule has 1 fully saturated rings. The lowest BCUT2D eigenvalue weighted by Crippen LogP contribution is -2.26. The first kappa shape index (κ1) is 20.6. The van der Waals surface area contributed by atoms with E-state index >= 15 is 0 Å². The average molecular weight is 454 g/mol. The highest BCUT2D eigenvalue weighted by molar-refractivity contribution is 7.15. The Hall–Kier alpha value is -3.02. The minimum Gasteiger partial charge on any atom is -0.334 e. The first-order valence-corrected chi connectivity index (χ1v) is 12.6. The molecule has 5 heteroatoms. The van der Waals surface area contributed by atoms with Gasteiger partial charge in [-0.05, 0) is 55.8 Å². The highest BCUT2D eigenvalue weighted by Crippen LogP contribution is 2.36. The molecule has 1 saturated heterocycles. The number of rotatable bonds is 6. The van der Waals surface area contributed by atoms with Gasteiger partial charge in [-0.1, -0.05) is 42.5 Å². The van der Waals surface area contributed by atoms with Gasteiger partial charge in [0.15, 0.2) is 0 Å². The van der Waals surface area contributed by atoms with Crippen LogP contribution < -0.4 is 0 Å². The van der Waals surface area contributed by atoms with Crippen molar-refractivity contribution in [3.05, 3.63) is 88.4 Å². The lowest BCUT2D eigenvalue weighted by atomic mass is 10.0. The van der Waals surface area contributed by atoms with E-state index < -0.39 is 0 Å². The third-order valence-electron chi connectivity index (χ3n) is 6.81. The van der Waals surface area contributed by atoms with Crippen LogP contribution in [0.25, 0.3) is 21.3 Å². The van der Waals surface area contributed by atoms with Crippen LogP contribution in [-0.4, -0.2) is 40.3 Å². The number of carbonyl (C=O) groups excluding carboxylic acids is 1. The molecule has 6 rings (SSSR count). The van der Waals surface area contributed by atoms with Gasteiger partial charge in [-0.3, -0.25) is 14.7 Å². The topological polar surface area (TPSA) is 36.4 Å². The number of nitrogens with zero attached hydrogens (tertiary/aromatic N) is 3. The molecule has 0 spiro atoms. The Balaban J connectivity index is 1.19. The van der Waals surface area contributed by atoms with Gasteiger partial charge in [0.1, 0.15) is 0 Å². The largest absolute Gasteiger partial charge is 0.334 e. The number of fused-ring (bicyclic) bond motifs is 2. The molecule has 1 amide bonds. The zero-order valence-corrected chi connectivity index (χ0v) is 19.5. The summed E-state index contributed by atoms with van der Waals surface area (Å²) in [6, 6.07) is 23.1. The molecule has 2 aliphatic rings. The van der Waals surface area contributed by atoms with E-state index in [9.17, 15) is 4.79 Å². The van der Waals surface area contributed by atoms with Crippen LogP contribution in [0.1, 0.15) is 39.3 Å². The lowest BCUT2D eigenvalue weighted by molar-refractivity contribution is 0.0780. The van der Waals surface area contributed by atoms with Crippen molar-refractivity contribution < 1.29 is 4.79 Å². The quantitative estimate of drug-likeness (QED) is 0.373. The standard InChI is InChI=1S/C28H27N3OS/c32-28-27-21(18-31(28)17-14-22-11-10-20-6-1-2-9-25(20)29-22)7-5-8-24(27)26-13-12-23(33-26)19-30-15-3-4-16-30/h1-2,5-13H,3-4,14-19H2. The number of para-hydroxylation sites is 1. The van der Waals surface area contributed by atoms with E-state index in [0.29, 0.717) is 13.1 Å². The number of hydrogen-bond donors (Lipinski definition) is 0. The molecule has 0 unspecified atom stereocenters. The molecular weight excluding hydrogens is 426 g/mol. The van der Waals surface area contributed by atoms with Crippen molar-refractivity contribution in [3.63, 3.8) is 0 Å². The van der Waals surface area contributed by atoms with E-state index in [1.165, 1.54) is 35.7 Å². The summed E-state index contributed by atoms with van der Waals surface area (Å²) in [5.41, 5.74) is 5.15. The highest BCUT2D eigenvalue weighted by Gasteiger charge is 2.30. The van der Waals surface area contributed by atoms with E-state index in [2.05, 4.69) is 53.4 Å². The van der Waals surface area contributed by atoms with Gasteiger partial charge in [-0.15, -0.1) is 11.3 Å². The molecule has 2 aliphatic heterocycles. The van der Waals surface area contributed by atoms with Crippen LogP contribution in [0, 0.1) is 0 Å². The second-order valence-electron chi connectivity index (χ2n) is 9.06. The maximum atomic E-state index is 13.4. The monoisotopic (exact) mass is 453 g/mol. The van der Waals surface area contributed by atoms with E-state index in [4.69, 9.17) is 4.98 Å². The predicted octanol–water partition coefficient (Wildman–Crippen LogP) is 5.76. The zero-order chi connectivity index (χ0) is 22.2. The molecule has 0 N–H and O–H groups in total. The molecule has 0 radical (unpaired) electrons. The molecule has 0 saturated carbocycles. The zero-order valence-electron chi connectivity index (χ0n) is 18.7. The Morgan fingerprint density at radius 2 is 1.79 bits per heavy atom. The maximum absolute atomic E-state index is 13.4. The summed E-state index contributed by atoms with van der Waals surface area (Å²) in [5, 5.41) is 1.15. The molecule has 4 aromatic rings. The van der Waals surface area contributed by atoms with Crippen LogP contribution in [0.4, 0.5) is 0 Å². The van der Waals surface area contributed by atoms with Gasteiger partial charge in [0, 0.05) is 52.5 Å². The van der Waals surface area contributed by atoms with Gasteiger partial charge >= 0.3 is 0 Å². The summed E-state index contributed by atoms with van der Waals surface area (Å²) >= 11 is 1.83. The van der Waals surface area contributed by atoms with Gasteiger partial charge in [0.2, 0.25) is 0 Å². The minimum absolute atomic E-state index is 0.149. The first-order valence-electron chi connectivity index (χ1n) is 11.8. The fourth-order valence-electron chi connectivity index (χ4n) is 5.07. The second kappa shape index (κ2) is 8.73. The van der Waals surface area contributed by atoms with E-state index in [0.717, 1.165) is 46.3 Å². The van der Waals surface area contributed by atoms with Crippen LogP contribution >= 0.6 is 11.3 Å². The summed E-state index contributed by atoms with van der Waals surface area (Å²) in [5.74, 6) is 0.149. The van der Waals surface area contributed by atoms with Crippen LogP contribution in [-0.2, 0) is 19.5 Å². The Kier molecular flexibility index (Phi) is 5.44. The number of amides is 1. The number of carbonyl (C=O) groups is 1.